The molecule has 1 N–H and O–H groups in total. The van der Waals surface area contributed by atoms with Gasteiger partial charge >= 0.3 is 0 Å². The Morgan fingerprint density at radius 2 is 2.15 bits per heavy atom. The fourth-order valence-electron chi connectivity index (χ4n) is 0.839. The number of pyridine rings is 1. The minimum Gasteiger partial charge on any atom is -0.306 e. The van der Waals surface area contributed by atoms with Crippen LogP contribution in [0.5, 0.6) is 0 Å². The van der Waals surface area contributed by atoms with Gasteiger partial charge in [-0.1, -0.05) is 13.8 Å². The third kappa shape index (κ3) is 4.25. The van der Waals surface area contributed by atoms with E-state index in [2.05, 4.69) is 29.4 Å². The normalized spacial score (nSPS) is 11.0. The first kappa shape index (κ1) is 9.71. The molecule has 0 unspecified atom stereocenters. The number of hydrogen-bond donors (Lipinski definition) is 1. The topological polar surface area (TPSA) is 37.3 Å². The van der Waals surface area contributed by atoms with Crippen molar-refractivity contribution in [1.29, 1.82) is 0 Å². The first-order valence-corrected chi connectivity index (χ1v) is 4.44. The van der Waals surface area contributed by atoms with Crippen molar-refractivity contribution in [1.82, 2.24) is 10.4 Å². The number of hydrazone groups is 1. The Morgan fingerprint density at radius 1 is 1.46 bits per heavy atom. The maximum absolute atomic E-state index is 4.07. The minimum absolute atomic E-state index is 0.491. The Labute approximate surface area is 78.9 Å². The molecular weight excluding hydrogens is 162 g/mol. The van der Waals surface area contributed by atoms with E-state index in [4.69, 9.17) is 0 Å². The number of nitrogens with one attached hydrogen (secondary N) is 1. The van der Waals surface area contributed by atoms with E-state index in [-0.39, 0.29) is 0 Å². The molecule has 0 saturated heterocycles. The predicted molar refractivity (Wildman–Crippen MR) is 54.4 cm³/mol. The maximum atomic E-state index is 4.07. The highest BCUT2D eigenvalue weighted by molar-refractivity contribution is 5.59. The Bertz CT molecular complexity index is 254. The second-order valence-electron chi connectivity index (χ2n) is 3.21. The van der Waals surface area contributed by atoms with Crippen LogP contribution < -0.4 is 5.43 Å². The lowest BCUT2D eigenvalue weighted by atomic mass is 10.2. The predicted octanol–water partition coefficient (Wildman–Crippen LogP) is 1.81. The van der Waals surface area contributed by atoms with Gasteiger partial charge in [-0.25, -0.2) is 0 Å². The number of rotatable bonds is 4. The fourth-order valence-corrected chi connectivity index (χ4v) is 0.839. The molecule has 1 heterocycles. The van der Waals surface area contributed by atoms with Gasteiger partial charge in [-0.3, -0.25) is 4.98 Å². The van der Waals surface area contributed by atoms with E-state index in [0.29, 0.717) is 5.92 Å². The van der Waals surface area contributed by atoms with Gasteiger partial charge in [0.1, 0.15) is 0 Å². The summed E-state index contributed by atoms with van der Waals surface area (Å²) in [5, 5.41) is 4.07. The molecule has 1 aromatic rings. The Kier molecular flexibility index (Phi) is 3.96. The fraction of sp³-hybridized carbons (Fsp3) is 0.400. The lowest BCUT2D eigenvalue weighted by Gasteiger charge is -2.00. The van der Waals surface area contributed by atoms with Crippen LogP contribution in [0.25, 0.3) is 0 Å². The van der Waals surface area contributed by atoms with E-state index in [9.17, 15) is 0 Å². The summed E-state index contributed by atoms with van der Waals surface area (Å²) >= 11 is 0. The Hall–Kier alpha value is -1.38. The highest BCUT2D eigenvalue weighted by Gasteiger charge is 1.88. The standard InChI is InChI=1S/C10H15N3/c1-9(2)7-12-13-8-10-3-5-11-6-4-10/h3-7,9,13H,8H2,1-2H3. The Morgan fingerprint density at radius 3 is 2.77 bits per heavy atom. The maximum Gasteiger partial charge on any atom is 0.0581 e. The van der Waals surface area contributed by atoms with Crippen molar-refractivity contribution in [2.75, 3.05) is 0 Å². The SMILES string of the molecule is CC(C)C=NNCc1ccncc1. The van der Waals surface area contributed by atoms with E-state index in [0.717, 1.165) is 6.54 Å². The molecule has 1 rings (SSSR count). The van der Waals surface area contributed by atoms with E-state index >= 15 is 0 Å². The molecule has 1 aromatic heterocycles. The van der Waals surface area contributed by atoms with Crippen molar-refractivity contribution in [2.24, 2.45) is 11.0 Å². The van der Waals surface area contributed by atoms with Gasteiger partial charge in [0, 0.05) is 18.6 Å². The third-order valence-electron chi connectivity index (χ3n) is 1.50. The monoisotopic (exact) mass is 177 g/mol. The van der Waals surface area contributed by atoms with Crippen LogP contribution >= 0.6 is 0 Å². The molecule has 0 saturated carbocycles. The molecule has 0 aliphatic heterocycles. The van der Waals surface area contributed by atoms with E-state index in [1.807, 2.05) is 18.3 Å². The van der Waals surface area contributed by atoms with Gasteiger partial charge < -0.3 is 5.43 Å². The highest BCUT2D eigenvalue weighted by Crippen LogP contribution is 1.94. The summed E-state index contributed by atoms with van der Waals surface area (Å²) < 4.78 is 0. The summed E-state index contributed by atoms with van der Waals surface area (Å²) in [5.74, 6) is 0.491. The van der Waals surface area contributed by atoms with Crippen LogP contribution in [0.2, 0.25) is 0 Å². The number of hydrogen-bond acceptors (Lipinski definition) is 3. The molecule has 0 aliphatic carbocycles. The summed E-state index contributed by atoms with van der Waals surface area (Å²) in [6.07, 6.45) is 5.45. The summed E-state index contributed by atoms with van der Waals surface area (Å²) in [5.41, 5.74) is 4.17. The van der Waals surface area contributed by atoms with Gasteiger partial charge in [0.05, 0.1) is 6.54 Å². The molecule has 0 fully saturated rings. The second kappa shape index (κ2) is 5.30. The zero-order chi connectivity index (χ0) is 9.52. The molecule has 0 aromatic carbocycles. The lowest BCUT2D eigenvalue weighted by Crippen LogP contribution is -2.06. The first-order chi connectivity index (χ1) is 6.29. The molecule has 3 heteroatoms. The molecule has 13 heavy (non-hydrogen) atoms. The van der Waals surface area contributed by atoms with Gasteiger partial charge in [0.25, 0.3) is 0 Å². The quantitative estimate of drug-likeness (QED) is 0.562. The van der Waals surface area contributed by atoms with Crippen LogP contribution in [-0.4, -0.2) is 11.2 Å². The summed E-state index contributed by atoms with van der Waals surface area (Å²) in [7, 11) is 0. The van der Waals surface area contributed by atoms with E-state index in [1.165, 1.54) is 5.56 Å². The summed E-state index contributed by atoms with van der Waals surface area (Å²) in [4.78, 5) is 3.94. The van der Waals surface area contributed by atoms with Gasteiger partial charge in [-0.2, -0.15) is 5.10 Å². The number of aromatic nitrogens is 1. The average molecular weight is 177 g/mol. The molecule has 0 amide bonds. The third-order valence-corrected chi connectivity index (χ3v) is 1.50. The van der Waals surface area contributed by atoms with Crippen LogP contribution in [-0.2, 0) is 6.54 Å². The average Bonchev–Trinajstić information content (AvgIpc) is 2.14. The molecule has 0 radical (unpaired) electrons. The van der Waals surface area contributed by atoms with Crippen molar-refractivity contribution in [2.45, 2.75) is 20.4 Å². The molecule has 0 atom stereocenters. The molecular formula is C10H15N3. The first-order valence-electron chi connectivity index (χ1n) is 4.44. The van der Waals surface area contributed by atoms with Crippen LogP contribution in [0, 0.1) is 5.92 Å². The Balaban J connectivity index is 2.28. The lowest BCUT2D eigenvalue weighted by molar-refractivity contribution is 0.734. The number of nitrogens with zero attached hydrogens (tertiary/aromatic N) is 2. The second-order valence-corrected chi connectivity index (χ2v) is 3.21. The van der Waals surface area contributed by atoms with Gasteiger partial charge in [0.15, 0.2) is 0 Å². The summed E-state index contributed by atoms with van der Waals surface area (Å²) in [6.45, 7) is 4.95. The molecule has 0 spiro atoms. The zero-order valence-corrected chi connectivity index (χ0v) is 8.07. The van der Waals surface area contributed by atoms with Gasteiger partial charge in [-0.05, 0) is 23.6 Å². The summed E-state index contributed by atoms with van der Waals surface area (Å²) in [6, 6.07) is 3.94. The van der Waals surface area contributed by atoms with Crippen molar-refractivity contribution in [3.05, 3.63) is 30.1 Å². The van der Waals surface area contributed by atoms with Crippen LogP contribution in [0.3, 0.4) is 0 Å². The van der Waals surface area contributed by atoms with Gasteiger partial charge in [-0.15, -0.1) is 0 Å². The smallest absolute Gasteiger partial charge is 0.0581 e. The minimum atomic E-state index is 0.491. The van der Waals surface area contributed by atoms with Crippen molar-refractivity contribution in [3.63, 3.8) is 0 Å². The highest BCUT2D eigenvalue weighted by atomic mass is 15.3. The zero-order valence-electron chi connectivity index (χ0n) is 8.07. The van der Waals surface area contributed by atoms with E-state index < -0.39 is 0 Å². The van der Waals surface area contributed by atoms with Crippen molar-refractivity contribution < 1.29 is 0 Å². The van der Waals surface area contributed by atoms with Crippen LogP contribution in [0.1, 0.15) is 19.4 Å². The molecule has 0 bridgehead atoms. The molecule has 70 valence electrons. The largest absolute Gasteiger partial charge is 0.306 e. The molecule has 3 nitrogen and oxygen atoms in total. The van der Waals surface area contributed by atoms with Crippen LogP contribution in [0.4, 0.5) is 0 Å². The molecule has 0 aliphatic rings. The van der Waals surface area contributed by atoms with E-state index in [1.54, 1.807) is 12.4 Å². The van der Waals surface area contributed by atoms with Crippen molar-refractivity contribution >= 4 is 6.21 Å². The van der Waals surface area contributed by atoms with Gasteiger partial charge in [0.2, 0.25) is 0 Å². The van der Waals surface area contributed by atoms with Crippen LogP contribution in [0.15, 0.2) is 29.6 Å². The van der Waals surface area contributed by atoms with Crippen molar-refractivity contribution in [3.8, 4) is 0 Å².